The molecule has 8 rings (SSSR count). The fourth-order valence-electron chi connectivity index (χ4n) is 14.1. The number of piperidine rings is 2. The van der Waals surface area contributed by atoms with E-state index in [-0.39, 0.29) is 66.8 Å². The second-order valence-electron chi connectivity index (χ2n) is 21.8. The lowest BCUT2D eigenvalue weighted by Gasteiger charge is -2.46. The number of carbonyl (C=O) groups excluding carboxylic acids is 3. The Morgan fingerprint density at radius 3 is 2.57 bits per heavy atom. The number of cyclic esters (lactones) is 1. The van der Waals surface area contributed by atoms with Crippen molar-refractivity contribution in [2.24, 2.45) is 58.5 Å². The van der Waals surface area contributed by atoms with Crippen LogP contribution in [0.4, 0.5) is 0 Å². The van der Waals surface area contributed by atoms with Crippen LogP contribution in [-0.2, 0) is 23.9 Å². The van der Waals surface area contributed by atoms with Crippen molar-refractivity contribution >= 4 is 17.5 Å². The van der Waals surface area contributed by atoms with Crippen LogP contribution in [0.5, 0.6) is 0 Å². The van der Waals surface area contributed by atoms with Gasteiger partial charge in [-0.05, 0) is 170 Å². The summed E-state index contributed by atoms with van der Waals surface area (Å²) in [6.45, 7) is 9.87. The number of esters is 1. The van der Waals surface area contributed by atoms with Crippen LogP contribution in [-0.4, -0.2) is 98.8 Å². The SMILES string of the molecule is CCN[C@@H]1C=C2C=CC[C@H]3CCCC[C@@](C)(CC4CCC(N)NC4)CC4CCCC5C(=O)[C@]6(CC(CO)=C(C)CCC7CCNC(NCNC)C7)O[C@]6(C(=O)OC[C@@H]1C[C@@H]23)C(=O)C45. The second kappa shape index (κ2) is 20.3. The fourth-order valence-corrected chi connectivity index (χ4v) is 14.1. The summed E-state index contributed by atoms with van der Waals surface area (Å²) < 4.78 is 13.0. The van der Waals surface area contributed by atoms with Crippen LogP contribution in [0.2, 0.25) is 0 Å². The molecule has 4 saturated heterocycles. The number of aliphatic hydroxyl groups is 1. The lowest BCUT2D eigenvalue weighted by Crippen LogP contribution is -2.60. The molecular formula is C51H82N6O6. The van der Waals surface area contributed by atoms with Crippen molar-refractivity contribution in [3.63, 3.8) is 0 Å². The van der Waals surface area contributed by atoms with Gasteiger partial charge >= 0.3 is 5.97 Å². The first-order valence-electron chi connectivity index (χ1n) is 25.4. The molecular weight excluding hydrogens is 793 g/mol. The molecule has 12 nitrogen and oxygen atoms in total. The first-order chi connectivity index (χ1) is 30.4. The minimum atomic E-state index is -1.99. The monoisotopic (exact) mass is 875 g/mol. The van der Waals surface area contributed by atoms with E-state index in [1.165, 1.54) is 18.4 Å². The number of fused-ring (bicyclic) bond motifs is 1. The Morgan fingerprint density at radius 2 is 1.79 bits per heavy atom. The topological polar surface area (TPSA) is 179 Å². The maximum atomic E-state index is 15.6. The molecule has 4 heterocycles. The minimum absolute atomic E-state index is 0.0230. The van der Waals surface area contributed by atoms with Crippen molar-refractivity contribution in [2.45, 2.75) is 166 Å². The van der Waals surface area contributed by atoms with E-state index in [9.17, 15) is 5.11 Å². The number of hydrogen-bond donors (Lipinski definition) is 7. The van der Waals surface area contributed by atoms with Crippen molar-refractivity contribution in [2.75, 3.05) is 46.6 Å². The summed E-state index contributed by atoms with van der Waals surface area (Å²) in [5, 5.41) is 28.4. The van der Waals surface area contributed by atoms with Crippen LogP contribution >= 0.6 is 0 Å². The first-order valence-corrected chi connectivity index (χ1v) is 25.4. The average Bonchev–Trinajstić information content (AvgIpc) is 3.99. The van der Waals surface area contributed by atoms with Gasteiger partial charge in [-0.3, -0.25) is 14.9 Å². The Morgan fingerprint density at radius 1 is 0.952 bits per heavy atom. The highest BCUT2D eigenvalue weighted by Crippen LogP contribution is 2.64. The molecule has 352 valence electrons. The highest BCUT2D eigenvalue weighted by Gasteiger charge is 2.87. The molecule has 4 aliphatic carbocycles. The molecule has 0 radical (unpaired) electrons. The van der Waals surface area contributed by atoms with Crippen LogP contribution in [0.25, 0.3) is 0 Å². The Labute approximate surface area is 377 Å². The maximum absolute atomic E-state index is 15.6. The highest BCUT2D eigenvalue weighted by molar-refractivity contribution is 6.23. The molecule has 12 heteroatoms. The Kier molecular flexibility index (Phi) is 15.2. The van der Waals surface area contributed by atoms with Crippen molar-refractivity contribution in [1.29, 1.82) is 0 Å². The van der Waals surface area contributed by atoms with Gasteiger partial charge in [0.15, 0.2) is 17.2 Å². The number of ketones is 2. The van der Waals surface area contributed by atoms with Crippen molar-refractivity contribution in [3.05, 3.63) is 34.9 Å². The molecule has 0 aromatic carbocycles. The van der Waals surface area contributed by atoms with Gasteiger partial charge in [0.1, 0.15) is 0 Å². The normalized spacial score (nSPS) is 42.3. The lowest BCUT2D eigenvalue weighted by molar-refractivity contribution is -0.161. The number of Topliss-reactive ketones (excluding diaryl/α,β-unsaturated/α-hetero) is 2. The van der Waals surface area contributed by atoms with E-state index in [2.05, 4.69) is 58.7 Å². The molecule has 6 fully saturated rings. The van der Waals surface area contributed by atoms with E-state index in [4.69, 9.17) is 15.2 Å². The fraction of sp³-hybridized carbons (Fsp3) is 0.824. The van der Waals surface area contributed by atoms with E-state index in [1.54, 1.807) is 0 Å². The van der Waals surface area contributed by atoms with Crippen molar-refractivity contribution in [1.82, 2.24) is 26.6 Å². The van der Waals surface area contributed by atoms with Gasteiger partial charge in [0, 0.05) is 36.9 Å². The lowest BCUT2D eigenvalue weighted by atomic mass is 9.55. The van der Waals surface area contributed by atoms with Gasteiger partial charge in [-0.15, -0.1) is 0 Å². The van der Waals surface area contributed by atoms with Gasteiger partial charge in [-0.2, -0.15) is 0 Å². The second-order valence-corrected chi connectivity index (χ2v) is 21.8. The van der Waals surface area contributed by atoms with Gasteiger partial charge in [0.25, 0.3) is 5.60 Å². The first kappa shape index (κ1) is 47.2. The Balaban J connectivity index is 1.11. The summed E-state index contributed by atoms with van der Waals surface area (Å²) in [4.78, 5) is 46.0. The molecule has 7 unspecified atom stereocenters. The summed E-state index contributed by atoms with van der Waals surface area (Å²) in [6.07, 6.45) is 24.0. The number of allylic oxidation sites excluding steroid dienone is 4. The van der Waals surface area contributed by atoms with Crippen LogP contribution in [0, 0.1) is 52.8 Å². The molecule has 8 aliphatic rings. The standard InChI is InChI=1S/C51H82N6O6/c1-5-54-42-24-36-12-8-11-35-10-6-7-20-49(3,25-34-17-18-43(52)56-28-34)26-37-13-9-14-40-45(37)47(60)51(48(61)62-30-38(42)23-41(35)36)50(63-51,46(40)59)27-39(29-58)32(2)15-16-33-19-21-55-44(22-33)57-31-53-4/h8,12,24,33-35,37-38,40-45,53-58H,5-7,9-11,13-23,25-31,52H2,1-4H3/t33?,34?,35-,37?,38+,40?,41-,42-,43?,44?,45?,49+,50+,51+/m1/s1. The van der Waals surface area contributed by atoms with Crippen molar-refractivity contribution < 1.29 is 29.0 Å². The number of carbonyl (C=O) groups is 3. The van der Waals surface area contributed by atoms with E-state index >= 15 is 14.4 Å². The number of ether oxygens (including phenoxy) is 2. The largest absolute Gasteiger partial charge is 0.463 e. The highest BCUT2D eigenvalue weighted by atomic mass is 16.7. The number of hydrogen-bond acceptors (Lipinski definition) is 12. The average molecular weight is 875 g/mol. The predicted octanol–water partition coefficient (Wildman–Crippen LogP) is 5.55. The third kappa shape index (κ3) is 9.76. The smallest absolute Gasteiger partial charge is 0.350 e. The van der Waals surface area contributed by atoms with Gasteiger partial charge < -0.3 is 41.6 Å². The third-order valence-electron chi connectivity index (χ3n) is 17.5. The number of epoxide rings is 1. The van der Waals surface area contributed by atoms with Gasteiger partial charge in [0.05, 0.1) is 25.5 Å². The summed E-state index contributed by atoms with van der Waals surface area (Å²) in [5.41, 5.74) is 5.72. The van der Waals surface area contributed by atoms with E-state index < -0.39 is 29.0 Å². The zero-order chi connectivity index (χ0) is 44.4. The number of nitrogens with two attached hydrogens (primary N) is 1. The predicted molar refractivity (Wildman–Crippen MR) is 246 cm³/mol. The summed E-state index contributed by atoms with van der Waals surface area (Å²) in [7, 11) is 1.93. The van der Waals surface area contributed by atoms with Crippen LogP contribution in [0.3, 0.4) is 0 Å². The zero-order valence-corrected chi connectivity index (χ0v) is 39.1. The van der Waals surface area contributed by atoms with Crippen molar-refractivity contribution in [3.8, 4) is 0 Å². The number of rotatable bonds is 13. The minimum Gasteiger partial charge on any atom is -0.463 e. The molecule has 4 bridgehead atoms. The van der Waals surface area contributed by atoms with Crippen LogP contribution in [0.15, 0.2) is 34.9 Å². The van der Waals surface area contributed by atoms with Crippen LogP contribution < -0.4 is 32.3 Å². The molecule has 63 heavy (non-hydrogen) atoms. The third-order valence-corrected chi connectivity index (χ3v) is 17.5. The number of likely N-dealkylation sites (N-methyl/N-ethyl adjacent to an activating group) is 1. The number of aliphatic hydroxyl groups excluding tert-OH is 1. The van der Waals surface area contributed by atoms with Gasteiger partial charge in [0.2, 0.25) is 0 Å². The Bertz CT molecular complexity index is 1740. The molecule has 14 atom stereocenters. The summed E-state index contributed by atoms with van der Waals surface area (Å²) in [5.74, 6) is -0.197. The van der Waals surface area contributed by atoms with Gasteiger partial charge in [-0.25, -0.2) is 4.79 Å². The molecule has 1 spiro atoms. The molecule has 2 saturated carbocycles. The molecule has 0 aromatic heterocycles. The van der Waals surface area contributed by atoms with Crippen LogP contribution in [0.1, 0.15) is 136 Å². The molecule has 4 aliphatic heterocycles. The molecule has 0 aromatic rings. The van der Waals surface area contributed by atoms with Gasteiger partial charge in [-0.1, -0.05) is 56.9 Å². The molecule has 8 N–H and O–H groups in total. The quantitative estimate of drug-likeness (QED) is 0.0404. The number of nitrogens with one attached hydrogen (secondary N) is 5. The van der Waals surface area contributed by atoms with E-state index in [0.717, 1.165) is 122 Å². The zero-order valence-electron chi connectivity index (χ0n) is 39.1. The Hall–Kier alpha value is -2.29. The van der Waals surface area contributed by atoms with E-state index in [0.29, 0.717) is 35.7 Å². The van der Waals surface area contributed by atoms with E-state index in [1.807, 2.05) is 14.0 Å². The summed E-state index contributed by atoms with van der Waals surface area (Å²) >= 11 is 0. The molecule has 0 amide bonds. The summed E-state index contributed by atoms with van der Waals surface area (Å²) in [6, 6.07) is 0.0307. The maximum Gasteiger partial charge on any atom is 0.350 e.